The van der Waals surface area contributed by atoms with Gasteiger partial charge < -0.3 is 24.1 Å². The molecule has 2 aromatic rings. The van der Waals surface area contributed by atoms with Gasteiger partial charge >= 0.3 is 0 Å². The van der Waals surface area contributed by atoms with Gasteiger partial charge in [0.05, 0.1) is 23.8 Å². The van der Waals surface area contributed by atoms with Crippen LogP contribution in [0.4, 0.5) is 0 Å². The Morgan fingerprint density at radius 2 is 1.93 bits per heavy atom. The Morgan fingerprint density at radius 1 is 1.20 bits per heavy atom. The Bertz CT molecular complexity index is 935. The minimum atomic E-state index is -1.22. The second kappa shape index (κ2) is 8.75. The summed E-state index contributed by atoms with van der Waals surface area (Å²) in [5, 5.41) is 10.8. The third-order valence-electron chi connectivity index (χ3n) is 5.31. The van der Waals surface area contributed by atoms with Gasteiger partial charge in [0.2, 0.25) is 5.88 Å². The fraction of sp³-hybridized carbons (Fsp3) is 0.632. The molecule has 2 aromatic heterocycles. The van der Waals surface area contributed by atoms with Crippen molar-refractivity contribution in [1.82, 2.24) is 9.55 Å². The van der Waals surface area contributed by atoms with Crippen molar-refractivity contribution in [2.75, 3.05) is 19.8 Å². The van der Waals surface area contributed by atoms with Gasteiger partial charge in [-0.15, -0.1) is 0 Å². The average molecular weight is 496 g/mol. The van der Waals surface area contributed by atoms with E-state index in [0.29, 0.717) is 33.6 Å². The molecular weight excluding hydrogens is 471 g/mol. The summed E-state index contributed by atoms with van der Waals surface area (Å²) in [7, 11) is -1.22. The minimum Gasteiger partial charge on any atom is -0.469 e. The lowest BCUT2D eigenvalue weighted by molar-refractivity contribution is 0.00482. The van der Waals surface area contributed by atoms with Gasteiger partial charge in [0.1, 0.15) is 40.7 Å². The molecule has 166 valence electrons. The first kappa shape index (κ1) is 22.6. The fourth-order valence-electron chi connectivity index (χ4n) is 3.62. The van der Waals surface area contributed by atoms with E-state index in [1.54, 1.807) is 10.6 Å². The maximum absolute atomic E-state index is 9.98. The van der Waals surface area contributed by atoms with E-state index in [0.717, 1.165) is 6.04 Å². The number of hydrogen-bond donors (Lipinski definition) is 1. The second-order valence-electron chi connectivity index (χ2n) is 8.84. The molecule has 0 aromatic carbocycles. The summed E-state index contributed by atoms with van der Waals surface area (Å²) in [4.78, 5) is 4.33. The van der Waals surface area contributed by atoms with E-state index >= 15 is 0 Å². The SMILES string of the molecule is C[Si](C)(C)CCOCn1c(O[C@@H]2CO[C@H]3[C@@H]2OC[C@H]3O)c(Cl)c2nc(Cl)c(Cl)cc21. The highest BCUT2D eigenvalue weighted by atomic mass is 35.5. The summed E-state index contributed by atoms with van der Waals surface area (Å²) >= 11 is 19.0. The molecule has 0 radical (unpaired) electrons. The standard InChI is InChI=1S/C19H25Cl3N2O5Si/c1-30(2,3)5-4-26-9-24-11-6-10(20)18(22)23-15(11)14(21)19(24)29-13-8-28-16-12(25)7-27-17(13)16/h6,12-13,16-17,25H,4-5,7-9H2,1-3H3/t12-,13-,16-,17-/m1/s1. The molecule has 1 N–H and O–H groups in total. The third-order valence-corrected chi connectivity index (χ3v) is 8.02. The molecule has 2 fully saturated rings. The van der Waals surface area contributed by atoms with E-state index in [9.17, 15) is 5.11 Å². The van der Waals surface area contributed by atoms with Crippen molar-refractivity contribution in [1.29, 1.82) is 0 Å². The van der Waals surface area contributed by atoms with Crippen LogP contribution in [0.3, 0.4) is 0 Å². The Labute approximate surface area is 191 Å². The molecule has 4 heterocycles. The zero-order valence-electron chi connectivity index (χ0n) is 17.0. The molecule has 0 saturated carbocycles. The van der Waals surface area contributed by atoms with Gasteiger partial charge in [0.15, 0.2) is 6.10 Å². The van der Waals surface area contributed by atoms with Crippen LogP contribution in [0.5, 0.6) is 5.88 Å². The lowest BCUT2D eigenvalue weighted by Gasteiger charge is -2.20. The van der Waals surface area contributed by atoms with Crippen molar-refractivity contribution >= 4 is 53.9 Å². The molecule has 0 spiro atoms. The van der Waals surface area contributed by atoms with Crippen molar-refractivity contribution < 1.29 is 24.1 Å². The number of rotatable bonds is 7. The summed E-state index contributed by atoms with van der Waals surface area (Å²) in [6.45, 7) is 8.26. The van der Waals surface area contributed by atoms with Gasteiger partial charge in [0, 0.05) is 14.7 Å². The Morgan fingerprint density at radius 3 is 2.67 bits per heavy atom. The Kier molecular flexibility index (Phi) is 6.59. The molecule has 2 aliphatic rings. The molecule has 11 heteroatoms. The van der Waals surface area contributed by atoms with Crippen molar-refractivity contribution in [3.63, 3.8) is 0 Å². The third kappa shape index (κ3) is 4.47. The van der Waals surface area contributed by atoms with Crippen LogP contribution in [0.1, 0.15) is 0 Å². The first-order valence-electron chi connectivity index (χ1n) is 9.85. The molecule has 7 nitrogen and oxygen atoms in total. The molecule has 0 unspecified atom stereocenters. The van der Waals surface area contributed by atoms with Gasteiger partial charge in [-0.1, -0.05) is 54.4 Å². The van der Waals surface area contributed by atoms with Crippen molar-refractivity contribution in [3.8, 4) is 5.88 Å². The number of hydrogen-bond acceptors (Lipinski definition) is 6. The molecule has 0 amide bonds. The van der Waals surface area contributed by atoms with Crippen LogP contribution in [0, 0.1) is 0 Å². The van der Waals surface area contributed by atoms with E-state index < -0.39 is 26.4 Å². The van der Waals surface area contributed by atoms with Crippen molar-refractivity contribution in [2.45, 2.75) is 56.8 Å². The van der Waals surface area contributed by atoms with Gasteiger partial charge in [-0.05, 0) is 12.1 Å². The lowest BCUT2D eigenvalue weighted by atomic mass is 10.1. The number of nitrogens with zero attached hydrogens (tertiary/aromatic N) is 2. The van der Waals surface area contributed by atoms with E-state index in [1.165, 1.54) is 0 Å². The number of pyridine rings is 1. The van der Waals surface area contributed by atoms with Gasteiger partial charge in [-0.3, -0.25) is 4.57 Å². The highest BCUT2D eigenvalue weighted by Crippen LogP contribution is 2.40. The number of aliphatic hydroxyl groups excluding tert-OH is 1. The van der Waals surface area contributed by atoms with Crippen LogP contribution in [0.2, 0.25) is 40.9 Å². The number of halogens is 3. The van der Waals surface area contributed by atoms with E-state index in [4.69, 9.17) is 53.8 Å². The summed E-state index contributed by atoms with van der Waals surface area (Å²) in [5.74, 6) is 0.393. The summed E-state index contributed by atoms with van der Waals surface area (Å²) in [5.41, 5.74) is 1.15. The highest BCUT2D eigenvalue weighted by Gasteiger charge is 2.49. The zero-order valence-corrected chi connectivity index (χ0v) is 20.3. The largest absolute Gasteiger partial charge is 0.469 e. The Balaban J connectivity index is 1.62. The topological polar surface area (TPSA) is 75.0 Å². The normalized spacial score (nSPS) is 26.5. The first-order chi connectivity index (χ1) is 14.2. The molecule has 0 bridgehead atoms. The summed E-state index contributed by atoms with van der Waals surface area (Å²) in [6.07, 6.45) is -1.84. The second-order valence-corrected chi connectivity index (χ2v) is 15.6. The maximum Gasteiger partial charge on any atom is 0.218 e. The molecule has 0 aliphatic carbocycles. The van der Waals surface area contributed by atoms with Crippen molar-refractivity contribution in [2.24, 2.45) is 0 Å². The van der Waals surface area contributed by atoms with E-state index in [1.807, 2.05) is 0 Å². The van der Waals surface area contributed by atoms with E-state index in [2.05, 4.69) is 24.6 Å². The number of fused-ring (bicyclic) bond motifs is 2. The quantitative estimate of drug-likeness (QED) is 0.352. The van der Waals surface area contributed by atoms with E-state index in [-0.39, 0.29) is 31.2 Å². The smallest absolute Gasteiger partial charge is 0.218 e. The van der Waals surface area contributed by atoms with Gasteiger partial charge in [-0.2, -0.15) is 0 Å². The molecule has 2 saturated heterocycles. The molecule has 4 rings (SSSR count). The predicted molar refractivity (Wildman–Crippen MR) is 119 cm³/mol. The predicted octanol–water partition coefficient (Wildman–Crippen LogP) is 4.21. The number of aliphatic hydroxyl groups is 1. The molecule has 30 heavy (non-hydrogen) atoms. The number of ether oxygens (including phenoxy) is 4. The average Bonchev–Trinajstić information content (AvgIpc) is 3.30. The van der Waals surface area contributed by atoms with Crippen LogP contribution in [-0.4, -0.2) is 67.0 Å². The van der Waals surface area contributed by atoms with Crippen LogP contribution in [0.25, 0.3) is 11.0 Å². The van der Waals surface area contributed by atoms with Crippen molar-refractivity contribution in [3.05, 3.63) is 21.3 Å². The van der Waals surface area contributed by atoms with Crippen LogP contribution < -0.4 is 4.74 Å². The minimum absolute atomic E-state index is 0.168. The summed E-state index contributed by atoms with van der Waals surface area (Å²) < 4.78 is 25.3. The lowest BCUT2D eigenvalue weighted by Crippen LogP contribution is -2.35. The zero-order chi connectivity index (χ0) is 21.6. The maximum atomic E-state index is 9.98. The van der Waals surface area contributed by atoms with Gasteiger partial charge in [0.25, 0.3) is 0 Å². The molecule has 2 aliphatic heterocycles. The molecular formula is C19H25Cl3N2O5Si. The summed E-state index contributed by atoms with van der Waals surface area (Å²) in [6, 6.07) is 2.74. The van der Waals surface area contributed by atoms with Crippen LogP contribution in [0.15, 0.2) is 6.07 Å². The fourth-order valence-corrected chi connectivity index (χ4v) is 4.95. The molecule has 4 atom stereocenters. The van der Waals surface area contributed by atoms with Gasteiger partial charge in [-0.25, -0.2) is 4.98 Å². The Hall–Kier alpha value is -0.583. The monoisotopic (exact) mass is 494 g/mol. The van der Waals surface area contributed by atoms with Crippen LogP contribution in [-0.2, 0) is 20.9 Å². The van der Waals surface area contributed by atoms with Crippen LogP contribution >= 0.6 is 34.8 Å². The highest BCUT2D eigenvalue weighted by molar-refractivity contribution is 6.76. The first-order valence-corrected chi connectivity index (χ1v) is 14.7. The number of aromatic nitrogens is 2.